The smallest absolute Gasteiger partial charge is 0.225 e. The highest BCUT2D eigenvalue weighted by Crippen LogP contribution is 2.25. The van der Waals surface area contributed by atoms with Gasteiger partial charge in [-0.1, -0.05) is 19.8 Å². The summed E-state index contributed by atoms with van der Waals surface area (Å²) >= 11 is 0. The van der Waals surface area contributed by atoms with Crippen LogP contribution in [0.25, 0.3) is 0 Å². The number of aliphatic hydroxyl groups excluding tert-OH is 1. The van der Waals surface area contributed by atoms with E-state index in [0.29, 0.717) is 6.54 Å². The molecule has 3 N–H and O–H groups in total. The fraction of sp³-hybridized carbons (Fsp3) is 0.923. The second-order valence-corrected chi connectivity index (χ2v) is 5.03. The lowest BCUT2D eigenvalue weighted by atomic mass is 9.85. The number of hydrogen-bond acceptors (Lipinski definition) is 3. The molecule has 0 aromatic carbocycles. The minimum absolute atomic E-state index is 0.0498. The molecule has 4 heteroatoms. The van der Waals surface area contributed by atoms with Gasteiger partial charge in [-0.2, -0.15) is 0 Å². The minimum atomic E-state index is 0.0498. The molecule has 1 saturated carbocycles. The maximum Gasteiger partial charge on any atom is 0.225 e. The van der Waals surface area contributed by atoms with Crippen LogP contribution in [0.3, 0.4) is 0 Å². The van der Waals surface area contributed by atoms with E-state index in [0.717, 1.165) is 45.1 Å². The molecular weight excluding hydrogens is 216 g/mol. The molecule has 0 bridgehead atoms. The molecule has 1 rings (SSSR count). The molecule has 1 amide bonds. The van der Waals surface area contributed by atoms with Crippen molar-refractivity contribution in [2.45, 2.75) is 51.5 Å². The van der Waals surface area contributed by atoms with E-state index in [9.17, 15) is 4.79 Å². The molecule has 1 aliphatic rings. The second-order valence-electron chi connectivity index (χ2n) is 5.03. The minimum Gasteiger partial charge on any atom is -0.395 e. The molecule has 2 unspecified atom stereocenters. The van der Waals surface area contributed by atoms with Gasteiger partial charge in [-0.3, -0.25) is 4.79 Å². The Morgan fingerprint density at radius 3 is 2.76 bits per heavy atom. The maximum atomic E-state index is 12.3. The van der Waals surface area contributed by atoms with E-state index in [1.54, 1.807) is 0 Å². The maximum absolute atomic E-state index is 12.3. The summed E-state index contributed by atoms with van der Waals surface area (Å²) < 4.78 is 0. The highest BCUT2D eigenvalue weighted by Gasteiger charge is 2.28. The summed E-state index contributed by atoms with van der Waals surface area (Å²) in [6.45, 7) is 3.39. The van der Waals surface area contributed by atoms with Crippen LogP contribution in [-0.4, -0.2) is 41.7 Å². The van der Waals surface area contributed by atoms with Crippen LogP contribution in [0.4, 0.5) is 0 Å². The van der Waals surface area contributed by atoms with Crippen LogP contribution in [-0.2, 0) is 4.79 Å². The number of nitrogens with zero attached hydrogens (tertiary/aromatic N) is 1. The van der Waals surface area contributed by atoms with Gasteiger partial charge in [-0.05, 0) is 25.7 Å². The second kappa shape index (κ2) is 7.67. The van der Waals surface area contributed by atoms with Crippen molar-refractivity contribution in [3.05, 3.63) is 0 Å². The van der Waals surface area contributed by atoms with E-state index < -0.39 is 0 Å². The molecule has 17 heavy (non-hydrogen) atoms. The molecule has 100 valence electrons. The van der Waals surface area contributed by atoms with Gasteiger partial charge in [0, 0.05) is 25.0 Å². The fourth-order valence-electron chi connectivity index (χ4n) is 2.51. The Morgan fingerprint density at radius 1 is 1.41 bits per heavy atom. The highest BCUT2D eigenvalue weighted by molar-refractivity contribution is 5.79. The zero-order chi connectivity index (χ0) is 12.7. The van der Waals surface area contributed by atoms with Gasteiger partial charge in [-0.15, -0.1) is 0 Å². The quantitative estimate of drug-likeness (QED) is 0.733. The Labute approximate surface area is 104 Å². The number of carbonyl (C=O) groups excluding carboxylic acids is 1. The highest BCUT2D eigenvalue weighted by atomic mass is 16.3. The van der Waals surface area contributed by atoms with E-state index in [4.69, 9.17) is 10.8 Å². The third-order valence-corrected chi connectivity index (χ3v) is 3.53. The SMILES string of the molecule is CCCCN(CCO)C(=O)C1CCCC(N)C1. The van der Waals surface area contributed by atoms with Gasteiger partial charge in [0.2, 0.25) is 5.91 Å². The zero-order valence-electron chi connectivity index (χ0n) is 10.9. The molecule has 0 spiro atoms. The number of hydrogen-bond donors (Lipinski definition) is 2. The Bertz CT molecular complexity index is 233. The Kier molecular flexibility index (Phi) is 6.52. The first-order valence-corrected chi connectivity index (χ1v) is 6.84. The van der Waals surface area contributed by atoms with Gasteiger partial charge in [0.25, 0.3) is 0 Å². The lowest BCUT2D eigenvalue weighted by Crippen LogP contribution is -2.42. The predicted molar refractivity (Wildman–Crippen MR) is 68.5 cm³/mol. The van der Waals surface area contributed by atoms with Crippen LogP contribution in [0.15, 0.2) is 0 Å². The van der Waals surface area contributed by atoms with Gasteiger partial charge in [0.15, 0.2) is 0 Å². The van der Waals surface area contributed by atoms with Crippen molar-refractivity contribution in [3.63, 3.8) is 0 Å². The Morgan fingerprint density at radius 2 is 2.18 bits per heavy atom. The van der Waals surface area contributed by atoms with Gasteiger partial charge < -0.3 is 15.7 Å². The van der Waals surface area contributed by atoms with E-state index in [-0.39, 0.29) is 24.5 Å². The lowest BCUT2D eigenvalue weighted by molar-refractivity contribution is -0.137. The first-order chi connectivity index (χ1) is 8.19. The van der Waals surface area contributed by atoms with Gasteiger partial charge in [0.05, 0.1) is 6.61 Å². The van der Waals surface area contributed by atoms with Crippen molar-refractivity contribution in [3.8, 4) is 0 Å². The predicted octanol–water partition coefficient (Wildman–Crippen LogP) is 1.12. The van der Waals surface area contributed by atoms with Crippen LogP contribution < -0.4 is 5.73 Å². The summed E-state index contributed by atoms with van der Waals surface area (Å²) in [6, 6.07) is 0.180. The van der Waals surface area contributed by atoms with Gasteiger partial charge in [-0.25, -0.2) is 0 Å². The van der Waals surface area contributed by atoms with E-state index in [1.807, 2.05) is 4.90 Å². The number of unbranched alkanes of at least 4 members (excludes halogenated alkanes) is 1. The van der Waals surface area contributed by atoms with Crippen molar-refractivity contribution < 1.29 is 9.90 Å². The zero-order valence-corrected chi connectivity index (χ0v) is 10.9. The molecule has 2 atom stereocenters. The normalized spacial score (nSPS) is 24.6. The summed E-state index contributed by atoms with van der Waals surface area (Å²) in [7, 11) is 0. The topological polar surface area (TPSA) is 66.6 Å². The fourth-order valence-corrected chi connectivity index (χ4v) is 2.51. The number of nitrogens with two attached hydrogens (primary N) is 1. The Hall–Kier alpha value is -0.610. The average Bonchev–Trinajstić information content (AvgIpc) is 2.33. The molecule has 4 nitrogen and oxygen atoms in total. The standard InChI is InChI=1S/C13H26N2O2/c1-2-3-7-15(8-9-16)13(17)11-5-4-6-12(14)10-11/h11-12,16H,2-10,14H2,1H3. The van der Waals surface area contributed by atoms with Crippen LogP contribution in [0, 0.1) is 5.92 Å². The molecule has 0 radical (unpaired) electrons. The van der Waals surface area contributed by atoms with Crippen LogP contribution in [0.5, 0.6) is 0 Å². The molecule has 0 saturated heterocycles. The molecule has 0 aromatic rings. The summed E-state index contributed by atoms with van der Waals surface area (Å²) in [5.41, 5.74) is 5.92. The number of rotatable bonds is 6. The number of carbonyl (C=O) groups is 1. The molecule has 0 aliphatic heterocycles. The summed E-state index contributed by atoms with van der Waals surface area (Å²) in [5.74, 6) is 0.282. The van der Waals surface area contributed by atoms with E-state index in [1.165, 1.54) is 0 Å². The number of aliphatic hydroxyl groups is 1. The molecule has 1 fully saturated rings. The summed E-state index contributed by atoms with van der Waals surface area (Å²) in [4.78, 5) is 14.1. The van der Waals surface area contributed by atoms with Crippen molar-refractivity contribution >= 4 is 5.91 Å². The Balaban J connectivity index is 2.50. The van der Waals surface area contributed by atoms with E-state index >= 15 is 0 Å². The third kappa shape index (κ3) is 4.64. The molecule has 1 aliphatic carbocycles. The first kappa shape index (κ1) is 14.5. The third-order valence-electron chi connectivity index (χ3n) is 3.53. The van der Waals surface area contributed by atoms with E-state index in [2.05, 4.69) is 6.92 Å². The monoisotopic (exact) mass is 242 g/mol. The van der Waals surface area contributed by atoms with Gasteiger partial charge >= 0.3 is 0 Å². The van der Waals surface area contributed by atoms with Gasteiger partial charge in [0.1, 0.15) is 0 Å². The van der Waals surface area contributed by atoms with Crippen molar-refractivity contribution in [1.29, 1.82) is 0 Å². The molecular formula is C13H26N2O2. The van der Waals surface area contributed by atoms with Crippen molar-refractivity contribution in [2.75, 3.05) is 19.7 Å². The lowest BCUT2D eigenvalue weighted by Gasteiger charge is -2.31. The molecule has 0 heterocycles. The molecule has 0 aromatic heterocycles. The van der Waals surface area contributed by atoms with Crippen LogP contribution in [0.2, 0.25) is 0 Å². The van der Waals surface area contributed by atoms with Crippen molar-refractivity contribution in [2.24, 2.45) is 11.7 Å². The summed E-state index contributed by atoms with van der Waals surface area (Å²) in [5, 5.41) is 9.02. The van der Waals surface area contributed by atoms with Crippen molar-refractivity contribution in [1.82, 2.24) is 4.90 Å². The summed E-state index contributed by atoms with van der Waals surface area (Å²) in [6.07, 6.45) is 5.94. The largest absolute Gasteiger partial charge is 0.395 e. The van der Waals surface area contributed by atoms with Crippen LogP contribution in [0.1, 0.15) is 45.4 Å². The van der Waals surface area contributed by atoms with Crippen LogP contribution >= 0.6 is 0 Å². The first-order valence-electron chi connectivity index (χ1n) is 6.84. The number of amides is 1. The average molecular weight is 242 g/mol.